The molecule has 1 aliphatic carbocycles. The summed E-state index contributed by atoms with van der Waals surface area (Å²) < 4.78 is 1.69. The van der Waals surface area contributed by atoms with Crippen LogP contribution in [0.2, 0.25) is 0 Å². The lowest BCUT2D eigenvalue weighted by molar-refractivity contribution is 0.0945. The quantitative estimate of drug-likeness (QED) is 0.785. The zero-order chi connectivity index (χ0) is 10.8. The van der Waals surface area contributed by atoms with E-state index in [9.17, 15) is 4.79 Å². The average molecular weight is 228 g/mol. The molecule has 0 radical (unpaired) electrons. The fraction of sp³-hybridized carbons (Fsp3) is 0.600. The van der Waals surface area contributed by atoms with Crippen molar-refractivity contribution in [3.8, 4) is 0 Å². The van der Waals surface area contributed by atoms with E-state index >= 15 is 0 Å². The smallest absolute Gasteiger partial charge is 0.269 e. The topological polar surface area (TPSA) is 46.9 Å². The van der Waals surface area contributed by atoms with Crippen molar-refractivity contribution < 1.29 is 4.79 Å². The summed E-state index contributed by atoms with van der Waals surface area (Å²) in [4.78, 5) is 15.5. The molecule has 5 heteroatoms. The van der Waals surface area contributed by atoms with Crippen molar-refractivity contribution in [2.75, 3.05) is 6.54 Å². The molecule has 1 fully saturated rings. The Morgan fingerprint density at radius 2 is 2.53 bits per heavy atom. The summed E-state index contributed by atoms with van der Waals surface area (Å²) in [5.74, 6) is 0.486. The second kappa shape index (κ2) is 4.23. The van der Waals surface area contributed by atoms with Crippen LogP contribution >= 0.6 is 11.6 Å². The summed E-state index contributed by atoms with van der Waals surface area (Å²) in [6, 6.07) is 0. The highest BCUT2D eigenvalue weighted by Crippen LogP contribution is 2.35. The zero-order valence-electron chi connectivity index (χ0n) is 8.61. The van der Waals surface area contributed by atoms with E-state index in [2.05, 4.69) is 10.3 Å². The molecule has 0 spiro atoms. The Labute approximate surface area is 93.6 Å². The molecule has 1 unspecified atom stereocenters. The van der Waals surface area contributed by atoms with Gasteiger partial charge in [-0.3, -0.25) is 4.79 Å². The van der Waals surface area contributed by atoms with Crippen molar-refractivity contribution in [2.45, 2.75) is 18.2 Å². The van der Waals surface area contributed by atoms with E-state index in [0.29, 0.717) is 18.2 Å². The Morgan fingerprint density at radius 3 is 3.07 bits per heavy atom. The molecule has 0 aromatic carbocycles. The van der Waals surface area contributed by atoms with Crippen LogP contribution in [0.5, 0.6) is 0 Å². The van der Waals surface area contributed by atoms with Crippen LogP contribution in [0.1, 0.15) is 23.3 Å². The molecule has 1 aromatic heterocycles. The van der Waals surface area contributed by atoms with Crippen LogP contribution in [0.15, 0.2) is 12.5 Å². The van der Waals surface area contributed by atoms with Gasteiger partial charge in [0.15, 0.2) is 0 Å². The Balaban J connectivity index is 1.84. The van der Waals surface area contributed by atoms with Gasteiger partial charge < -0.3 is 9.88 Å². The van der Waals surface area contributed by atoms with Crippen LogP contribution in [-0.2, 0) is 7.05 Å². The van der Waals surface area contributed by atoms with Gasteiger partial charge in [0.1, 0.15) is 5.69 Å². The Kier molecular flexibility index (Phi) is 2.95. The van der Waals surface area contributed by atoms with E-state index in [0.717, 1.165) is 0 Å². The standard InChI is InChI=1S/C10H14ClN3O/c1-14-6-12-5-9(14)10(15)13-4-8(11)7-2-3-7/h5-8H,2-4H2,1H3,(H,13,15). The number of carbonyl (C=O) groups excluding carboxylic acids is 1. The molecule has 0 aliphatic heterocycles. The van der Waals surface area contributed by atoms with Gasteiger partial charge in [-0.1, -0.05) is 0 Å². The largest absolute Gasteiger partial charge is 0.349 e. The number of imidazole rings is 1. The van der Waals surface area contributed by atoms with Crippen molar-refractivity contribution in [2.24, 2.45) is 13.0 Å². The summed E-state index contributed by atoms with van der Waals surface area (Å²) in [6.07, 6.45) is 5.54. The van der Waals surface area contributed by atoms with Crippen molar-refractivity contribution in [1.29, 1.82) is 0 Å². The third-order valence-corrected chi connectivity index (χ3v) is 3.15. The van der Waals surface area contributed by atoms with Gasteiger partial charge in [0.2, 0.25) is 0 Å². The van der Waals surface area contributed by atoms with Gasteiger partial charge in [0.05, 0.1) is 17.9 Å². The SMILES string of the molecule is Cn1cncc1C(=O)NCC(Cl)C1CC1. The number of hydrogen-bond acceptors (Lipinski definition) is 2. The highest BCUT2D eigenvalue weighted by Gasteiger charge is 2.29. The number of nitrogens with zero attached hydrogens (tertiary/aromatic N) is 2. The number of aryl methyl sites for hydroxylation is 1. The number of halogens is 1. The summed E-state index contributed by atoms with van der Waals surface area (Å²) in [5, 5.41) is 2.89. The molecule has 82 valence electrons. The molecule has 1 amide bonds. The van der Waals surface area contributed by atoms with Crippen LogP contribution in [0, 0.1) is 5.92 Å². The maximum absolute atomic E-state index is 11.6. The highest BCUT2D eigenvalue weighted by molar-refractivity contribution is 6.21. The summed E-state index contributed by atoms with van der Waals surface area (Å²) >= 11 is 6.09. The maximum atomic E-state index is 11.6. The van der Waals surface area contributed by atoms with E-state index < -0.39 is 0 Å². The lowest BCUT2D eigenvalue weighted by atomic mass is 10.3. The van der Waals surface area contributed by atoms with Gasteiger partial charge in [-0.05, 0) is 18.8 Å². The first-order valence-corrected chi connectivity index (χ1v) is 5.50. The molecular formula is C10H14ClN3O. The fourth-order valence-electron chi connectivity index (χ4n) is 1.48. The van der Waals surface area contributed by atoms with Crippen LogP contribution in [-0.4, -0.2) is 27.4 Å². The molecule has 1 aromatic rings. The molecule has 1 aliphatic rings. The number of amides is 1. The molecule has 1 saturated carbocycles. The predicted molar refractivity (Wildman–Crippen MR) is 57.9 cm³/mol. The number of carbonyl (C=O) groups is 1. The molecule has 0 saturated heterocycles. The van der Waals surface area contributed by atoms with E-state index in [-0.39, 0.29) is 11.3 Å². The van der Waals surface area contributed by atoms with E-state index in [1.165, 1.54) is 12.8 Å². The van der Waals surface area contributed by atoms with Crippen molar-refractivity contribution in [3.63, 3.8) is 0 Å². The minimum atomic E-state index is -0.110. The predicted octanol–water partition coefficient (Wildman–Crippen LogP) is 1.17. The van der Waals surface area contributed by atoms with Gasteiger partial charge in [0, 0.05) is 13.6 Å². The summed E-state index contributed by atoms with van der Waals surface area (Å²) in [5.41, 5.74) is 0.565. The normalized spacial score (nSPS) is 17.5. The molecule has 1 atom stereocenters. The fourth-order valence-corrected chi connectivity index (χ4v) is 1.81. The Bertz CT molecular complexity index is 359. The van der Waals surface area contributed by atoms with Crippen LogP contribution in [0.25, 0.3) is 0 Å². The maximum Gasteiger partial charge on any atom is 0.269 e. The zero-order valence-corrected chi connectivity index (χ0v) is 9.37. The third kappa shape index (κ3) is 2.50. The highest BCUT2D eigenvalue weighted by atomic mass is 35.5. The molecule has 4 nitrogen and oxygen atoms in total. The van der Waals surface area contributed by atoms with E-state index in [4.69, 9.17) is 11.6 Å². The number of aromatic nitrogens is 2. The first kappa shape index (κ1) is 10.5. The Morgan fingerprint density at radius 1 is 1.80 bits per heavy atom. The van der Waals surface area contributed by atoms with Crippen LogP contribution < -0.4 is 5.32 Å². The number of hydrogen-bond donors (Lipinski definition) is 1. The number of rotatable bonds is 4. The second-order valence-corrected chi connectivity index (χ2v) is 4.51. The van der Waals surface area contributed by atoms with Gasteiger partial charge in [0.25, 0.3) is 5.91 Å². The molecule has 1 heterocycles. The van der Waals surface area contributed by atoms with Gasteiger partial charge in [-0.15, -0.1) is 11.6 Å². The Hall–Kier alpha value is -1.03. The lowest BCUT2D eigenvalue weighted by Crippen LogP contribution is -2.31. The molecule has 0 bridgehead atoms. The number of alkyl halides is 1. The summed E-state index contributed by atoms with van der Waals surface area (Å²) in [6.45, 7) is 0.538. The number of nitrogens with one attached hydrogen (secondary N) is 1. The van der Waals surface area contributed by atoms with Gasteiger partial charge in [-0.25, -0.2) is 4.98 Å². The molecular weight excluding hydrogens is 214 g/mol. The third-order valence-electron chi connectivity index (χ3n) is 2.64. The van der Waals surface area contributed by atoms with Crippen molar-refractivity contribution in [1.82, 2.24) is 14.9 Å². The van der Waals surface area contributed by atoms with E-state index in [1.807, 2.05) is 0 Å². The summed E-state index contributed by atoms with van der Waals surface area (Å²) in [7, 11) is 1.79. The van der Waals surface area contributed by atoms with Crippen LogP contribution in [0.3, 0.4) is 0 Å². The molecule has 1 N–H and O–H groups in total. The lowest BCUT2D eigenvalue weighted by Gasteiger charge is -2.09. The van der Waals surface area contributed by atoms with Crippen LogP contribution in [0.4, 0.5) is 0 Å². The second-order valence-electron chi connectivity index (χ2n) is 3.95. The minimum Gasteiger partial charge on any atom is -0.349 e. The molecule has 2 rings (SSSR count). The van der Waals surface area contributed by atoms with Crippen molar-refractivity contribution in [3.05, 3.63) is 18.2 Å². The first-order valence-electron chi connectivity index (χ1n) is 5.07. The average Bonchev–Trinajstić information content (AvgIpc) is 2.98. The van der Waals surface area contributed by atoms with Crippen molar-refractivity contribution >= 4 is 17.5 Å². The van der Waals surface area contributed by atoms with Gasteiger partial charge in [-0.2, -0.15) is 0 Å². The minimum absolute atomic E-state index is 0.0715. The van der Waals surface area contributed by atoms with Gasteiger partial charge >= 0.3 is 0 Å². The first-order chi connectivity index (χ1) is 7.18. The van der Waals surface area contributed by atoms with E-state index in [1.54, 1.807) is 24.1 Å². The molecule has 15 heavy (non-hydrogen) atoms. The monoisotopic (exact) mass is 227 g/mol.